The number of benzene rings is 2. The molecule has 1 N–H and O–H groups in total. The number of hydrogen-bond acceptors (Lipinski definition) is 2. The molecule has 0 aliphatic rings. The summed E-state index contributed by atoms with van der Waals surface area (Å²) >= 11 is 0. The van der Waals surface area contributed by atoms with Gasteiger partial charge in [-0.25, -0.2) is 13.2 Å². The van der Waals surface area contributed by atoms with Gasteiger partial charge in [0.05, 0.1) is 5.69 Å². The second-order valence-electron chi connectivity index (χ2n) is 5.92. The maximum absolute atomic E-state index is 13.9. The lowest BCUT2D eigenvalue weighted by Gasteiger charge is -2.22. The van der Waals surface area contributed by atoms with Crippen LogP contribution in [0.1, 0.15) is 28.4 Å². The summed E-state index contributed by atoms with van der Waals surface area (Å²) in [6.07, 6.45) is 0. The van der Waals surface area contributed by atoms with E-state index in [4.69, 9.17) is 0 Å². The number of anilines is 1. The Morgan fingerprint density at radius 3 is 2.31 bits per heavy atom. The van der Waals surface area contributed by atoms with E-state index in [0.717, 1.165) is 28.2 Å². The monoisotopic (exact) mass is 364 g/mol. The third-order valence-electron chi connectivity index (χ3n) is 4.08. The molecule has 26 heavy (non-hydrogen) atoms. The summed E-state index contributed by atoms with van der Waals surface area (Å²) < 4.78 is 40.4. The van der Waals surface area contributed by atoms with E-state index < -0.39 is 23.4 Å². The zero-order valence-electron chi connectivity index (χ0n) is 14.7. The molecular formula is C19H19F3N2O2. The van der Waals surface area contributed by atoms with Gasteiger partial charge in [-0.15, -0.1) is 0 Å². The molecule has 0 aliphatic heterocycles. The average molecular weight is 364 g/mol. The summed E-state index contributed by atoms with van der Waals surface area (Å²) in [5.74, 6) is -5.33. The first-order valence-electron chi connectivity index (χ1n) is 7.99. The van der Waals surface area contributed by atoms with E-state index in [9.17, 15) is 22.8 Å². The van der Waals surface area contributed by atoms with Crippen molar-refractivity contribution in [2.24, 2.45) is 0 Å². The molecule has 0 radical (unpaired) electrons. The zero-order chi connectivity index (χ0) is 19.4. The fraction of sp³-hybridized carbons (Fsp3) is 0.263. The third kappa shape index (κ3) is 4.22. The van der Waals surface area contributed by atoms with Crippen molar-refractivity contribution in [3.8, 4) is 0 Å². The minimum absolute atomic E-state index is 0.0176. The SMILES string of the molecule is CC(=O)N(CCNC(=O)c1ccc(C)c(C)c1)c1ccc(F)c(F)c1F. The van der Waals surface area contributed by atoms with E-state index in [1.54, 1.807) is 12.1 Å². The zero-order valence-corrected chi connectivity index (χ0v) is 14.7. The molecule has 0 bridgehead atoms. The summed E-state index contributed by atoms with van der Waals surface area (Å²) in [6.45, 7) is 4.91. The number of nitrogens with zero attached hydrogens (tertiary/aromatic N) is 1. The van der Waals surface area contributed by atoms with E-state index in [2.05, 4.69) is 5.32 Å². The van der Waals surface area contributed by atoms with Crippen molar-refractivity contribution in [2.75, 3.05) is 18.0 Å². The number of carbonyl (C=O) groups excluding carboxylic acids is 2. The molecule has 0 heterocycles. The number of halogens is 3. The first kappa shape index (κ1) is 19.5. The van der Waals surface area contributed by atoms with Gasteiger partial charge in [0.25, 0.3) is 5.91 Å². The first-order chi connectivity index (χ1) is 12.2. The molecule has 138 valence electrons. The number of nitrogens with one attached hydrogen (secondary N) is 1. The fourth-order valence-corrected chi connectivity index (χ4v) is 2.44. The minimum Gasteiger partial charge on any atom is -0.350 e. The summed E-state index contributed by atoms with van der Waals surface area (Å²) in [6, 6.07) is 6.97. The molecule has 2 rings (SSSR count). The van der Waals surface area contributed by atoms with E-state index in [-0.39, 0.29) is 24.7 Å². The third-order valence-corrected chi connectivity index (χ3v) is 4.08. The van der Waals surface area contributed by atoms with Crippen molar-refractivity contribution in [3.05, 3.63) is 64.5 Å². The highest BCUT2D eigenvalue weighted by Crippen LogP contribution is 2.23. The Hall–Kier alpha value is -2.83. The Labute approximate surface area is 149 Å². The van der Waals surface area contributed by atoms with Gasteiger partial charge in [-0.05, 0) is 49.2 Å². The quantitative estimate of drug-likeness (QED) is 0.826. The Kier molecular flexibility index (Phi) is 6.02. The van der Waals surface area contributed by atoms with Crippen LogP contribution in [0.3, 0.4) is 0 Å². The van der Waals surface area contributed by atoms with E-state index >= 15 is 0 Å². The van der Waals surface area contributed by atoms with Crippen LogP contribution in [0, 0.1) is 31.3 Å². The van der Waals surface area contributed by atoms with Crippen LogP contribution in [-0.2, 0) is 4.79 Å². The summed E-state index contributed by atoms with van der Waals surface area (Å²) in [7, 11) is 0. The molecule has 0 fully saturated rings. The number of carbonyl (C=O) groups is 2. The highest BCUT2D eigenvalue weighted by atomic mass is 19.2. The smallest absolute Gasteiger partial charge is 0.251 e. The first-order valence-corrected chi connectivity index (χ1v) is 7.99. The van der Waals surface area contributed by atoms with E-state index in [0.29, 0.717) is 5.56 Å². The van der Waals surface area contributed by atoms with Crippen LogP contribution in [0.15, 0.2) is 30.3 Å². The molecule has 0 unspecified atom stereocenters. The summed E-state index contributed by atoms with van der Waals surface area (Å²) in [5, 5.41) is 2.62. The molecule has 0 saturated carbocycles. The molecule has 0 saturated heterocycles. The lowest BCUT2D eigenvalue weighted by Crippen LogP contribution is -2.38. The van der Waals surface area contributed by atoms with Gasteiger partial charge in [0, 0.05) is 25.6 Å². The molecule has 0 aliphatic carbocycles. The minimum atomic E-state index is -1.65. The Bertz CT molecular complexity index is 853. The van der Waals surface area contributed by atoms with E-state index in [1.165, 1.54) is 6.92 Å². The lowest BCUT2D eigenvalue weighted by molar-refractivity contribution is -0.116. The average Bonchev–Trinajstić information content (AvgIpc) is 2.59. The molecule has 2 aromatic carbocycles. The van der Waals surface area contributed by atoms with Gasteiger partial charge in [0.2, 0.25) is 5.91 Å². The van der Waals surface area contributed by atoms with Gasteiger partial charge < -0.3 is 10.2 Å². The summed E-state index contributed by atoms with van der Waals surface area (Å²) in [4.78, 5) is 24.9. The Balaban J connectivity index is 2.08. The van der Waals surface area contributed by atoms with Gasteiger partial charge in [-0.3, -0.25) is 9.59 Å². The fourth-order valence-electron chi connectivity index (χ4n) is 2.44. The van der Waals surface area contributed by atoms with Gasteiger partial charge in [-0.1, -0.05) is 6.07 Å². The molecular weight excluding hydrogens is 345 g/mol. The molecule has 4 nitrogen and oxygen atoms in total. The molecule has 0 atom stereocenters. The second-order valence-corrected chi connectivity index (χ2v) is 5.92. The number of rotatable bonds is 5. The standard InChI is InChI=1S/C19H19F3N2O2/c1-11-4-5-14(10-12(11)2)19(26)23-8-9-24(13(3)25)16-7-6-15(20)17(21)18(16)22/h4-7,10H,8-9H2,1-3H3,(H,23,26). The van der Waals surface area contributed by atoms with Gasteiger partial charge in [0.1, 0.15) is 0 Å². The van der Waals surface area contributed by atoms with Crippen molar-refractivity contribution in [1.82, 2.24) is 5.32 Å². The predicted octanol–water partition coefficient (Wildman–Crippen LogP) is 3.50. The van der Waals surface area contributed by atoms with Gasteiger partial charge in [-0.2, -0.15) is 0 Å². The number of amides is 2. The van der Waals surface area contributed by atoms with Crippen molar-refractivity contribution < 1.29 is 22.8 Å². The van der Waals surface area contributed by atoms with Crippen LogP contribution in [0.2, 0.25) is 0 Å². The van der Waals surface area contributed by atoms with Crippen LogP contribution in [0.5, 0.6) is 0 Å². The van der Waals surface area contributed by atoms with Crippen LogP contribution < -0.4 is 10.2 Å². The largest absolute Gasteiger partial charge is 0.350 e. The second kappa shape index (κ2) is 8.03. The highest BCUT2D eigenvalue weighted by Gasteiger charge is 2.21. The maximum Gasteiger partial charge on any atom is 0.251 e. The molecule has 7 heteroatoms. The van der Waals surface area contributed by atoms with Gasteiger partial charge in [0.15, 0.2) is 17.5 Å². The molecule has 0 aromatic heterocycles. The topological polar surface area (TPSA) is 49.4 Å². The van der Waals surface area contributed by atoms with Crippen molar-refractivity contribution in [2.45, 2.75) is 20.8 Å². The normalized spacial score (nSPS) is 10.5. The van der Waals surface area contributed by atoms with Crippen molar-refractivity contribution >= 4 is 17.5 Å². The Morgan fingerprint density at radius 1 is 1.00 bits per heavy atom. The molecule has 0 spiro atoms. The van der Waals surface area contributed by atoms with E-state index in [1.807, 2.05) is 19.9 Å². The van der Waals surface area contributed by atoms with Crippen molar-refractivity contribution in [3.63, 3.8) is 0 Å². The summed E-state index contributed by atoms with van der Waals surface area (Å²) in [5.41, 5.74) is 2.10. The molecule has 2 amide bonds. The van der Waals surface area contributed by atoms with Crippen LogP contribution in [-0.4, -0.2) is 24.9 Å². The number of hydrogen-bond donors (Lipinski definition) is 1. The van der Waals surface area contributed by atoms with Crippen molar-refractivity contribution in [1.29, 1.82) is 0 Å². The maximum atomic E-state index is 13.9. The number of aryl methyl sites for hydroxylation is 2. The van der Waals surface area contributed by atoms with Gasteiger partial charge >= 0.3 is 0 Å². The van der Waals surface area contributed by atoms with Crippen LogP contribution in [0.4, 0.5) is 18.9 Å². The highest BCUT2D eigenvalue weighted by molar-refractivity contribution is 5.95. The van der Waals surface area contributed by atoms with Crippen LogP contribution >= 0.6 is 0 Å². The molecule has 2 aromatic rings. The lowest BCUT2D eigenvalue weighted by atomic mass is 10.1. The van der Waals surface area contributed by atoms with Crippen LogP contribution in [0.25, 0.3) is 0 Å². The predicted molar refractivity (Wildman–Crippen MR) is 92.6 cm³/mol. The Morgan fingerprint density at radius 2 is 1.69 bits per heavy atom.